The largest absolute Gasteiger partial charge is 0.342 e. The van der Waals surface area contributed by atoms with E-state index in [0.29, 0.717) is 11.7 Å². The van der Waals surface area contributed by atoms with Gasteiger partial charge in [0.15, 0.2) is 11.0 Å². The number of benzene rings is 1. The Balaban J connectivity index is 1.46. The molecule has 1 amide bonds. The second-order valence-electron chi connectivity index (χ2n) is 9.52. The van der Waals surface area contributed by atoms with E-state index in [4.69, 9.17) is 0 Å². The number of aromatic nitrogens is 3. The van der Waals surface area contributed by atoms with Crippen molar-refractivity contribution < 1.29 is 4.79 Å². The number of carbonyl (C=O) groups excluding carboxylic acids is 1. The second kappa shape index (κ2) is 10.8. The molecule has 1 aromatic carbocycles. The maximum Gasteiger partial charge on any atom is 0.233 e. The van der Waals surface area contributed by atoms with Crippen LogP contribution in [0, 0.1) is 11.8 Å². The summed E-state index contributed by atoms with van der Waals surface area (Å²) in [7, 11) is 4.17. The van der Waals surface area contributed by atoms with Crippen LogP contribution in [-0.2, 0) is 11.3 Å². The van der Waals surface area contributed by atoms with Crippen LogP contribution in [-0.4, -0.2) is 63.4 Å². The van der Waals surface area contributed by atoms with Crippen molar-refractivity contribution in [3.63, 3.8) is 0 Å². The van der Waals surface area contributed by atoms with E-state index in [2.05, 4.69) is 69.8 Å². The Labute approximate surface area is 196 Å². The molecule has 0 spiro atoms. The number of carbonyl (C=O) groups is 1. The molecule has 0 N–H and O–H groups in total. The first kappa shape index (κ1) is 23.3. The van der Waals surface area contributed by atoms with Gasteiger partial charge >= 0.3 is 0 Å². The molecule has 1 saturated carbocycles. The maximum atomic E-state index is 13.1. The van der Waals surface area contributed by atoms with Crippen molar-refractivity contribution in [1.29, 1.82) is 0 Å². The van der Waals surface area contributed by atoms with Gasteiger partial charge in [-0.25, -0.2) is 0 Å². The van der Waals surface area contributed by atoms with Crippen LogP contribution in [0.3, 0.4) is 0 Å². The summed E-state index contributed by atoms with van der Waals surface area (Å²) in [5, 5.41) is 9.94. The molecule has 174 valence electrons. The van der Waals surface area contributed by atoms with Crippen molar-refractivity contribution in [3.8, 4) is 0 Å². The predicted octanol–water partition coefficient (Wildman–Crippen LogP) is 4.47. The Morgan fingerprint density at radius 3 is 2.59 bits per heavy atom. The lowest BCUT2D eigenvalue weighted by Gasteiger charge is -2.41. The van der Waals surface area contributed by atoms with E-state index in [-0.39, 0.29) is 11.9 Å². The van der Waals surface area contributed by atoms with Crippen LogP contribution in [0.25, 0.3) is 0 Å². The fourth-order valence-electron chi connectivity index (χ4n) is 5.39. The fraction of sp³-hybridized carbons (Fsp3) is 0.640. The van der Waals surface area contributed by atoms with E-state index in [1.165, 1.54) is 49.4 Å². The van der Waals surface area contributed by atoms with Crippen molar-refractivity contribution in [2.75, 3.05) is 32.9 Å². The van der Waals surface area contributed by atoms with Gasteiger partial charge in [-0.1, -0.05) is 68.3 Å². The molecule has 0 unspecified atom stereocenters. The number of thioether (sulfide) groups is 1. The number of amides is 1. The van der Waals surface area contributed by atoms with Crippen molar-refractivity contribution in [2.24, 2.45) is 11.8 Å². The van der Waals surface area contributed by atoms with Gasteiger partial charge in [-0.05, 0) is 50.8 Å². The lowest BCUT2D eigenvalue weighted by Crippen LogP contribution is -2.45. The Morgan fingerprint density at radius 2 is 1.88 bits per heavy atom. The smallest absolute Gasteiger partial charge is 0.233 e. The third-order valence-corrected chi connectivity index (χ3v) is 8.16. The van der Waals surface area contributed by atoms with Crippen molar-refractivity contribution >= 4 is 17.7 Å². The number of nitrogens with zero attached hydrogens (tertiary/aromatic N) is 5. The summed E-state index contributed by atoms with van der Waals surface area (Å²) in [6.07, 6.45) is 7.48. The van der Waals surface area contributed by atoms with E-state index in [1.54, 1.807) is 0 Å². The van der Waals surface area contributed by atoms with E-state index >= 15 is 0 Å². The zero-order valence-corrected chi connectivity index (χ0v) is 20.6. The molecule has 0 bridgehead atoms. The highest BCUT2D eigenvalue weighted by Crippen LogP contribution is 2.36. The Kier molecular flexibility index (Phi) is 7.89. The van der Waals surface area contributed by atoms with Gasteiger partial charge in [0.1, 0.15) is 0 Å². The van der Waals surface area contributed by atoms with Crippen LogP contribution in [0.15, 0.2) is 35.5 Å². The molecular formula is C25H37N5OS. The van der Waals surface area contributed by atoms with Crippen LogP contribution >= 0.6 is 11.8 Å². The van der Waals surface area contributed by atoms with Crippen LogP contribution in [0.4, 0.5) is 0 Å². The van der Waals surface area contributed by atoms with E-state index in [1.807, 2.05) is 6.07 Å². The topological polar surface area (TPSA) is 54.3 Å². The van der Waals surface area contributed by atoms with Crippen LogP contribution in [0.2, 0.25) is 0 Å². The summed E-state index contributed by atoms with van der Waals surface area (Å²) < 4.78 is 2.20. The average Bonchev–Trinajstić information content (AvgIpc) is 3.20. The molecule has 7 heteroatoms. The molecule has 3 atom stereocenters. The number of hydrogen-bond donors (Lipinski definition) is 0. The predicted molar refractivity (Wildman–Crippen MR) is 130 cm³/mol. The highest BCUT2D eigenvalue weighted by atomic mass is 32.2. The van der Waals surface area contributed by atoms with Gasteiger partial charge in [0, 0.05) is 13.1 Å². The molecule has 6 nitrogen and oxygen atoms in total. The molecular weight excluding hydrogens is 418 g/mol. The van der Waals surface area contributed by atoms with Crippen molar-refractivity contribution in [1.82, 2.24) is 24.6 Å². The quantitative estimate of drug-likeness (QED) is 0.550. The minimum absolute atomic E-state index is 0.196. The standard InChI is InChI=1S/C25H37N5OS/c1-4-22(28(2)3)24-26-27-25(30(24)16-19-10-6-5-7-11-19)32-18-23(31)29-15-14-20-12-8-9-13-21(20)17-29/h5-7,10-11,20-22H,4,8-9,12-18H2,1-3H3/t20-,21+,22-/m1/s1. The van der Waals surface area contributed by atoms with Gasteiger partial charge in [0.2, 0.25) is 5.91 Å². The highest BCUT2D eigenvalue weighted by molar-refractivity contribution is 7.99. The molecule has 0 radical (unpaired) electrons. The first-order valence-corrected chi connectivity index (χ1v) is 13.1. The molecule has 1 saturated heterocycles. The fourth-order valence-corrected chi connectivity index (χ4v) is 6.24. The Bertz CT molecular complexity index is 884. The van der Waals surface area contributed by atoms with Crippen LogP contribution in [0.1, 0.15) is 62.9 Å². The van der Waals surface area contributed by atoms with Gasteiger partial charge in [-0.15, -0.1) is 10.2 Å². The van der Waals surface area contributed by atoms with Gasteiger partial charge in [-0.3, -0.25) is 9.69 Å². The second-order valence-corrected chi connectivity index (χ2v) is 10.5. The summed E-state index contributed by atoms with van der Waals surface area (Å²) in [6.45, 7) is 4.76. The molecule has 32 heavy (non-hydrogen) atoms. The minimum atomic E-state index is 0.196. The third kappa shape index (κ3) is 5.37. The van der Waals surface area contributed by atoms with Crippen molar-refractivity contribution in [2.45, 2.75) is 63.2 Å². The Morgan fingerprint density at radius 1 is 1.12 bits per heavy atom. The maximum absolute atomic E-state index is 13.1. The van der Waals surface area contributed by atoms with Gasteiger partial charge in [0.25, 0.3) is 0 Å². The summed E-state index contributed by atoms with van der Waals surface area (Å²) in [5.74, 6) is 3.20. The van der Waals surface area contributed by atoms with E-state index < -0.39 is 0 Å². The van der Waals surface area contributed by atoms with Crippen LogP contribution < -0.4 is 0 Å². The zero-order valence-electron chi connectivity index (χ0n) is 19.7. The lowest BCUT2D eigenvalue weighted by atomic mass is 9.75. The summed E-state index contributed by atoms with van der Waals surface area (Å²) in [4.78, 5) is 17.4. The SMILES string of the molecule is CC[C@H](c1nnc(SCC(=O)N2CC[C@H]3CCCC[C@H]3C2)n1Cc1ccccc1)N(C)C. The molecule has 1 aliphatic heterocycles. The molecule has 1 aliphatic carbocycles. The average molecular weight is 456 g/mol. The first-order valence-electron chi connectivity index (χ1n) is 12.1. The van der Waals surface area contributed by atoms with Gasteiger partial charge in [0.05, 0.1) is 18.3 Å². The molecule has 2 aromatic rings. The lowest BCUT2D eigenvalue weighted by molar-refractivity contribution is -0.131. The highest BCUT2D eigenvalue weighted by Gasteiger charge is 2.33. The van der Waals surface area contributed by atoms with E-state index in [0.717, 1.165) is 43.0 Å². The summed E-state index contributed by atoms with van der Waals surface area (Å²) in [5.41, 5.74) is 1.22. The first-order chi connectivity index (χ1) is 15.6. The molecule has 2 fully saturated rings. The summed E-state index contributed by atoms with van der Waals surface area (Å²) in [6, 6.07) is 10.6. The molecule has 4 rings (SSSR count). The summed E-state index contributed by atoms with van der Waals surface area (Å²) >= 11 is 1.54. The van der Waals surface area contributed by atoms with Gasteiger partial charge in [-0.2, -0.15) is 0 Å². The third-order valence-electron chi connectivity index (χ3n) is 7.21. The van der Waals surface area contributed by atoms with Crippen LogP contribution in [0.5, 0.6) is 0 Å². The molecule has 1 aromatic heterocycles. The number of likely N-dealkylation sites (tertiary alicyclic amines) is 1. The van der Waals surface area contributed by atoms with Crippen molar-refractivity contribution in [3.05, 3.63) is 41.7 Å². The van der Waals surface area contributed by atoms with E-state index in [9.17, 15) is 4.79 Å². The monoisotopic (exact) mass is 455 g/mol. The molecule has 2 aliphatic rings. The molecule has 2 heterocycles. The van der Waals surface area contributed by atoms with Gasteiger partial charge < -0.3 is 9.47 Å². The number of piperidine rings is 1. The number of fused-ring (bicyclic) bond motifs is 1. The normalized spacial score (nSPS) is 22.1. The number of hydrogen-bond acceptors (Lipinski definition) is 5. The Hall–Kier alpha value is -1.86. The zero-order chi connectivity index (χ0) is 22.5. The number of rotatable bonds is 8. The minimum Gasteiger partial charge on any atom is -0.342 e.